The number of nitrogens with zero attached hydrogens (tertiary/aromatic N) is 1. The lowest BCUT2D eigenvalue weighted by molar-refractivity contribution is 0.155. The summed E-state index contributed by atoms with van der Waals surface area (Å²) < 4.78 is 0. The van der Waals surface area contributed by atoms with Gasteiger partial charge in [-0.25, -0.2) is 4.79 Å². The normalized spacial score (nSPS) is 23.3. The smallest absolute Gasteiger partial charge is 0.412 e. The Bertz CT molecular complexity index is 198. The second kappa shape index (κ2) is 2.53. The third kappa shape index (κ3) is 1.16. The number of carboxylic acid groups (broad SMARTS) is 1. The van der Waals surface area contributed by atoms with E-state index < -0.39 is 12.3 Å². The van der Waals surface area contributed by atoms with E-state index in [2.05, 4.69) is 0 Å². The summed E-state index contributed by atoms with van der Waals surface area (Å²) >= 11 is 0. The summed E-state index contributed by atoms with van der Waals surface area (Å²) in [6.07, 6.45) is 4.79. The molecule has 10 heavy (non-hydrogen) atoms. The zero-order chi connectivity index (χ0) is 7.56. The number of amides is 1. The molecule has 4 nitrogen and oxygen atoms in total. The predicted octanol–water partition coefficient (Wildman–Crippen LogP) is 0.335. The Morgan fingerprint density at radius 1 is 1.60 bits per heavy atom. The average Bonchev–Trinajstić information content (AvgIpc) is 1.88. The van der Waals surface area contributed by atoms with Crippen molar-refractivity contribution >= 4 is 6.09 Å². The summed E-state index contributed by atoms with van der Waals surface area (Å²) in [6.45, 7) is 0. The number of carbonyl (C=O) groups is 1. The van der Waals surface area contributed by atoms with Crippen molar-refractivity contribution in [3.63, 3.8) is 0 Å². The molecule has 0 fully saturated rings. The first-order chi connectivity index (χ1) is 4.72. The molecular weight excluding hydrogens is 132 g/mol. The molecule has 1 aliphatic rings. The van der Waals surface area contributed by atoms with Crippen LogP contribution in [0.3, 0.4) is 0 Å². The lowest BCUT2D eigenvalue weighted by Gasteiger charge is -2.21. The van der Waals surface area contributed by atoms with Gasteiger partial charge in [-0.2, -0.15) is 0 Å². The van der Waals surface area contributed by atoms with Gasteiger partial charge in [-0.1, -0.05) is 6.08 Å². The summed E-state index contributed by atoms with van der Waals surface area (Å²) in [5.41, 5.74) is 5.39. The summed E-state index contributed by atoms with van der Waals surface area (Å²) in [5, 5.41) is 8.47. The fraction of sp³-hybridized carbons (Fsp3) is 0.167. The van der Waals surface area contributed by atoms with Gasteiger partial charge in [-0.15, -0.1) is 0 Å². The Labute approximate surface area is 58.2 Å². The van der Waals surface area contributed by atoms with E-state index in [1.807, 2.05) is 0 Å². The van der Waals surface area contributed by atoms with E-state index in [0.717, 1.165) is 4.90 Å². The molecule has 0 unspecified atom stereocenters. The van der Waals surface area contributed by atoms with Gasteiger partial charge < -0.3 is 10.8 Å². The molecule has 0 aromatic rings. The van der Waals surface area contributed by atoms with E-state index in [1.165, 1.54) is 6.20 Å². The maximum Gasteiger partial charge on any atom is 0.412 e. The Kier molecular flexibility index (Phi) is 1.73. The Balaban J connectivity index is 2.70. The zero-order valence-electron chi connectivity index (χ0n) is 5.27. The molecule has 0 aliphatic carbocycles. The van der Waals surface area contributed by atoms with E-state index in [-0.39, 0.29) is 0 Å². The van der Waals surface area contributed by atoms with Crippen LogP contribution < -0.4 is 5.73 Å². The van der Waals surface area contributed by atoms with Gasteiger partial charge in [0.25, 0.3) is 0 Å². The SMILES string of the molecule is N[C@@H]1C=CC=CN1C(=O)O. The molecule has 0 saturated heterocycles. The highest BCUT2D eigenvalue weighted by molar-refractivity contribution is 5.67. The highest BCUT2D eigenvalue weighted by Gasteiger charge is 2.15. The molecule has 0 aromatic carbocycles. The van der Waals surface area contributed by atoms with Crippen LogP contribution in [0.1, 0.15) is 0 Å². The maximum atomic E-state index is 10.3. The highest BCUT2D eigenvalue weighted by atomic mass is 16.4. The molecule has 1 atom stereocenters. The molecule has 0 aromatic heterocycles. The first-order valence-corrected chi connectivity index (χ1v) is 2.83. The molecule has 1 rings (SSSR count). The molecule has 4 heteroatoms. The number of nitrogens with two attached hydrogens (primary N) is 1. The summed E-state index contributed by atoms with van der Waals surface area (Å²) in [4.78, 5) is 11.4. The molecule has 1 aliphatic heterocycles. The monoisotopic (exact) mass is 140 g/mol. The van der Waals surface area contributed by atoms with Crippen molar-refractivity contribution in [2.45, 2.75) is 6.17 Å². The van der Waals surface area contributed by atoms with Crippen molar-refractivity contribution < 1.29 is 9.90 Å². The standard InChI is InChI=1S/C6H8N2O2/c7-5-3-1-2-4-8(5)6(9)10/h1-5H,7H2,(H,9,10)/t5-/m0/s1. The van der Waals surface area contributed by atoms with Crippen LogP contribution in [0.5, 0.6) is 0 Å². The summed E-state index contributed by atoms with van der Waals surface area (Å²) in [6, 6.07) is 0. The van der Waals surface area contributed by atoms with Crippen molar-refractivity contribution in [1.82, 2.24) is 4.90 Å². The molecule has 54 valence electrons. The Morgan fingerprint density at radius 3 is 2.70 bits per heavy atom. The highest BCUT2D eigenvalue weighted by Crippen LogP contribution is 2.02. The summed E-state index contributed by atoms with van der Waals surface area (Å²) in [7, 11) is 0. The van der Waals surface area contributed by atoms with E-state index >= 15 is 0 Å². The van der Waals surface area contributed by atoms with E-state index in [0.29, 0.717) is 0 Å². The van der Waals surface area contributed by atoms with Gasteiger partial charge in [0, 0.05) is 6.20 Å². The fourth-order valence-electron chi connectivity index (χ4n) is 0.704. The minimum absolute atomic E-state index is 0.539. The molecular formula is C6H8N2O2. The Morgan fingerprint density at radius 2 is 2.30 bits per heavy atom. The quantitative estimate of drug-likeness (QED) is 0.509. The van der Waals surface area contributed by atoms with Crippen LogP contribution >= 0.6 is 0 Å². The van der Waals surface area contributed by atoms with Crippen molar-refractivity contribution in [2.24, 2.45) is 5.73 Å². The molecule has 0 radical (unpaired) electrons. The first kappa shape index (κ1) is 6.82. The predicted molar refractivity (Wildman–Crippen MR) is 36.1 cm³/mol. The van der Waals surface area contributed by atoms with Crippen LogP contribution in [0.25, 0.3) is 0 Å². The van der Waals surface area contributed by atoms with Crippen LogP contribution in [-0.4, -0.2) is 22.3 Å². The van der Waals surface area contributed by atoms with E-state index in [1.54, 1.807) is 18.2 Å². The second-order valence-corrected chi connectivity index (χ2v) is 1.91. The second-order valence-electron chi connectivity index (χ2n) is 1.91. The van der Waals surface area contributed by atoms with Crippen LogP contribution in [0.15, 0.2) is 24.4 Å². The van der Waals surface area contributed by atoms with Crippen LogP contribution in [-0.2, 0) is 0 Å². The van der Waals surface area contributed by atoms with Crippen LogP contribution in [0, 0.1) is 0 Å². The number of allylic oxidation sites excluding steroid dienone is 2. The zero-order valence-corrected chi connectivity index (χ0v) is 5.27. The van der Waals surface area contributed by atoms with Crippen LogP contribution in [0.4, 0.5) is 4.79 Å². The van der Waals surface area contributed by atoms with Gasteiger partial charge >= 0.3 is 6.09 Å². The molecule has 1 heterocycles. The number of rotatable bonds is 0. The molecule has 0 bridgehead atoms. The molecule has 0 spiro atoms. The van der Waals surface area contributed by atoms with Gasteiger partial charge in [0.1, 0.15) is 6.17 Å². The van der Waals surface area contributed by atoms with Crippen LogP contribution in [0.2, 0.25) is 0 Å². The maximum absolute atomic E-state index is 10.3. The van der Waals surface area contributed by atoms with Gasteiger partial charge in [0.05, 0.1) is 0 Å². The topological polar surface area (TPSA) is 66.6 Å². The van der Waals surface area contributed by atoms with Crippen molar-refractivity contribution in [2.75, 3.05) is 0 Å². The summed E-state index contributed by atoms with van der Waals surface area (Å²) in [5.74, 6) is 0. The van der Waals surface area contributed by atoms with E-state index in [9.17, 15) is 4.79 Å². The lowest BCUT2D eigenvalue weighted by atomic mass is 10.3. The molecule has 0 saturated carbocycles. The third-order valence-corrected chi connectivity index (χ3v) is 1.21. The molecule has 1 amide bonds. The number of hydrogen-bond donors (Lipinski definition) is 2. The van der Waals surface area contributed by atoms with Gasteiger partial charge in [-0.3, -0.25) is 4.90 Å². The van der Waals surface area contributed by atoms with Gasteiger partial charge in [-0.05, 0) is 12.2 Å². The van der Waals surface area contributed by atoms with E-state index in [4.69, 9.17) is 10.8 Å². The lowest BCUT2D eigenvalue weighted by Crippen LogP contribution is -2.41. The van der Waals surface area contributed by atoms with Crippen molar-refractivity contribution in [3.05, 3.63) is 24.4 Å². The molecule has 3 N–H and O–H groups in total. The third-order valence-electron chi connectivity index (χ3n) is 1.21. The fourth-order valence-corrected chi connectivity index (χ4v) is 0.704. The average molecular weight is 140 g/mol. The Hall–Kier alpha value is -1.29. The van der Waals surface area contributed by atoms with Crippen molar-refractivity contribution in [3.8, 4) is 0 Å². The first-order valence-electron chi connectivity index (χ1n) is 2.83. The largest absolute Gasteiger partial charge is 0.465 e. The van der Waals surface area contributed by atoms with Crippen molar-refractivity contribution in [1.29, 1.82) is 0 Å². The van der Waals surface area contributed by atoms with Gasteiger partial charge in [0.15, 0.2) is 0 Å². The number of hydrogen-bond acceptors (Lipinski definition) is 2. The minimum Gasteiger partial charge on any atom is -0.465 e. The van der Waals surface area contributed by atoms with Gasteiger partial charge in [0.2, 0.25) is 0 Å². The minimum atomic E-state index is -1.03.